The summed E-state index contributed by atoms with van der Waals surface area (Å²) in [5.74, 6) is 0. The molecule has 0 saturated heterocycles. The van der Waals surface area contributed by atoms with Crippen LogP contribution in [0.25, 0.3) is 0 Å². The molecule has 0 saturated carbocycles. The summed E-state index contributed by atoms with van der Waals surface area (Å²) in [5.41, 5.74) is 9.04. The largest absolute Gasteiger partial charge is 0.0617 e. The van der Waals surface area contributed by atoms with E-state index in [1.54, 1.807) is 11.1 Å². The molecule has 0 aliphatic heterocycles. The van der Waals surface area contributed by atoms with Crippen molar-refractivity contribution in [3.8, 4) is 0 Å². The molecule has 0 unspecified atom stereocenters. The number of rotatable bonds is 12. The van der Waals surface area contributed by atoms with Crippen LogP contribution < -0.4 is 0 Å². The number of hydrogen-bond acceptors (Lipinski definition) is 0. The molecule has 2 rings (SSSR count). The van der Waals surface area contributed by atoms with Gasteiger partial charge in [-0.05, 0) is 86.8 Å². The third kappa shape index (κ3) is 7.53. The molecule has 0 nitrogen and oxygen atoms in total. The van der Waals surface area contributed by atoms with Crippen molar-refractivity contribution in [2.75, 3.05) is 0 Å². The van der Waals surface area contributed by atoms with E-state index in [-0.39, 0.29) is 0 Å². The molecule has 2 aromatic rings. The second-order valence-corrected chi connectivity index (χ2v) is 8.42. The maximum atomic E-state index is 2.25. The summed E-state index contributed by atoms with van der Waals surface area (Å²) < 4.78 is 0. The number of benzene rings is 2. The average Bonchev–Trinajstić information content (AvgIpc) is 2.63. The van der Waals surface area contributed by atoms with E-state index in [0.29, 0.717) is 0 Å². The zero-order valence-corrected chi connectivity index (χ0v) is 18.2. The first kappa shape index (κ1) is 21.7. The van der Waals surface area contributed by atoms with E-state index in [4.69, 9.17) is 0 Å². The third-order valence-electron chi connectivity index (χ3n) is 6.14. The standard InChI is InChI=1S/C27H40/c1-22-16-14-17-23(2)26(22)20-12-10-8-6-5-7-9-11-13-21-27-24(3)18-15-19-25(27)4/h14-19H,5-13,20-21H2,1-4H3. The summed E-state index contributed by atoms with van der Waals surface area (Å²) >= 11 is 0. The second-order valence-electron chi connectivity index (χ2n) is 8.42. The van der Waals surface area contributed by atoms with Crippen LogP contribution in [0, 0.1) is 27.7 Å². The van der Waals surface area contributed by atoms with Crippen molar-refractivity contribution in [1.82, 2.24) is 0 Å². The van der Waals surface area contributed by atoms with Crippen LogP contribution in [0.15, 0.2) is 36.4 Å². The van der Waals surface area contributed by atoms with Gasteiger partial charge in [0.15, 0.2) is 0 Å². The smallest absolute Gasteiger partial charge is 0.0274 e. The van der Waals surface area contributed by atoms with Gasteiger partial charge in [-0.3, -0.25) is 0 Å². The van der Waals surface area contributed by atoms with Crippen molar-refractivity contribution in [1.29, 1.82) is 0 Å². The van der Waals surface area contributed by atoms with Gasteiger partial charge in [-0.1, -0.05) is 81.3 Å². The Morgan fingerprint density at radius 2 is 0.667 bits per heavy atom. The first-order valence-corrected chi connectivity index (χ1v) is 11.2. The van der Waals surface area contributed by atoms with E-state index in [1.807, 2.05) is 0 Å². The lowest BCUT2D eigenvalue weighted by molar-refractivity contribution is 0.558. The number of hydrogen-bond donors (Lipinski definition) is 0. The van der Waals surface area contributed by atoms with Crippen LogP contribution in [-0.4, -0.2) is 0 Å². The maximum Gasteiger partial charge on any atom is -0.0274 e. The van der Waals surface area contributed by atoms with Gasteiger partial charge < -0.3 is 0 Å². The van der Waals surface area contributed by atoms with E-state index in [2.05, 4.69) is 64.1 Å². The van der Waals surface area contributed by atoms with Crippen LogP contribution in [0.5, 0.6) is 0 Å². The van der Waals surface area contributed by atoms with Crippen molar-refractivity contribution < 1.29 is 0 Å². The van der Waals surface area contributed by atoms with E-state index < -0.39 is 0 Å². The highest BCUT2D eigenvalue weighted by Crippen LogP contribution is 2.19. The highest BCUT2D eigenvalue weighted by molar-refractivity contribution is 5.34. The van der Waals surface area contributed by atoms with Crippen molar-refractivity contribution in [3.05, 3.63) is 69.8 Å². The van der Waals surface area contributed by atoms with E-state index >= 15 is 0 Å². The molecular weight excluding hydrogens is 324 g/mol. The molecule has 0 N–H and O–H groups in total. The molecule has 0 bridgehead atoms. The van der Waals surface area contributed by atoms with Crippen molar-refractivity contribution in [2.45, 2.75) is 98.3 Å². The van der Waals surface area contributed by atoms with Gasteiger partial charge in [0.25, 0.3) is 0 Å². The van der Waals surface area contributed by atoms with Gasteiger partial charge in [-0.15, -0.1) is 0 Å². The minimum atomic E-state index is 1.26. The Morgan fingerprint density at radius 3 is 0.963 bits per heavy atom. The molecule has 0 atom stereocenters. The lowest BCUT2D eigenvalue weighted by Gasteiger charge is -2.10. The topological polar surface area (TPSA) is 0 Å². The summed E-state index contributed by atoms with van der Waals surface area (Å²) in [5, 5.41) is 0. The molecule has 2 aromatic carbocycles. The molecular formula is C27H40. The molecule has 27 heavy (non-hydrogen) atoms. The molecule has 0 heteroatoms. The third-order valence-corrected chi connectivity index (χ3v) is 6.14. The van der Waals surface area contributed by atoms with Gasteiger partial charge in [0.05, 0.1) is 0 Å². The Hall–Kier alpha value is -1.56. The Bertz CT molecular complexity index is 580. The first-order valence-electron chi connectivity index (χ1n) is 11.2. The second kappa shape index (κ2) is 12.0. The summed E-state index contributed by atoms with van der Waals surface area (Å²) in [6, 6.07) is 13.4. The first-order chi connectivity index (χ1) is 13.1. The minimum Gasteiger partial charge on any atom is -0.0617 e. The molecule has 0 heterocycles. The summed E-state index contributed by atoms with van der Waals surface area (Å²) in [6.45, 7) is 9.01. The quantitative estimate of drug-likeness (QED) is 0.333. The Labute approximate surface area is 168 Å². The molecule has 148 valence electrons. The molecule has 0 aliphatic rings. The van der Waals surface area contributed by atoms with Crippen LogP contribution in [0.1, 0.15) is 91.2 Å². The van der Waals surface area contributed by atoms with Gasteiger partial charge >= 0.3 is 0 Å². The number of unbranched alkanes of at least 4 members (excludes halogenated alkanes) is 8. The highest BCUT2D eigenvalue weighted by Gasteiger charge is 2.03. The van der Waals surface area contributed by atoms with Crippen LogP contribution in [-0.2, 0) is 12.8 Å². The molecule has 0 spiro atoms. The predicted octanol–water partition coefficient (Wildman–Crippen LogP) is 8.22. The van der Waals surface area contributed by atoms with Crippen LogP contribution in [0.4, 0.5) is 0 Å². The van der Waals surface area contributed by atoms with Gasteiger partial charge in [-0.25, -0.2) is 0 Å². The van der Waals surface area contributed by atoms with Crippen molar-refractivity contribution in [3.63, 3.8) is 0 Å². The Morgan fingerprint density at radius 1 is 0.407 bits per heavy atom. The fraction of sp³-hybridized carbons (Fsp3) is 0.556. The van der Waals surface area contributed by atoms with Crippen molar-refractivity contribution >= 4 is 0 Å². The van der Waals surface area contributed by atoms with Gasteiger partial charge in [0.2, 0.25) is 0 Å². The van der Waals surface area contributed by atoms with Crippen molar-refractivity contribution in [2.24, 2.45) is 0 Å². The zero-order chi connectivity index (χ0) is 19.5. The maximum absolute atomic E-state index is 2.25. The average molecular weight is 365 g/mol. The Balaban J connectivity index is 1.46. The van der Waals surface area contributed by atoms with Crippen LogP contribution in [0.3, 0.4) is 0 Å². The monoisotopic (exact) mass is 364 g/mol. The normalized spacial score (nSPS) is 11.1. The zero-order valence-electron chi connectivity index (χ0n) is 18.2. The van der Waals surface area contributed by atoms with Crippen LogP contribution >= 0.6 is 0 Å². The SMILES string of the molecule is Cc1cccc(C)c1CCCCCCCCCCCc1c(C)cccc1C. The van der Waals surface area contributed by atoms with Crippen LogP contribution in [0.2, 0.25) is 0 Å². The fourth-order valence-corrected chi connectivity index (χ4v) is 4.33. The molecule has 0 aromatic heterocycles. The lowest BCUT2D eigenvalue weighted by atomic mass is 9.96. The van der Waals surface area contributed by atoms with E-state index in [0.717, 1.165) is 0 Å². The lowest BCUT2D eigenvalue weighted by Crippen LogP contribution is -1.94. The minimum absolute atomic E-state index is 1.26. The van der Waals surface area contributed by atoms with E-state index in [1.165, 1.54) is 92.9 Å². The van der Waals surface area contributed by atoms with Gasteiger partial charge in [-0.2, -0.15) is 0 Å². The summed E-state index contributed by atoms with van der Waals surface area (Å²) in [7, 11) is 0. The number of aryl methyl sites for hydroxylation is 4. The fourth-order valence-electron chi connectivity index (χ4n) is 4.33. The molecule has 0 fully saturated rings. The predicted molar refractivity (Wildman–Crippen MR) is 121 cm³/mol. The summed E-state index contributed by atoms with van der Waals surface area (Å²) in [6.07, 6.45) is 15.1. The summed E-state index contributed by atoms with van der Waals surface area (Å²) in [4.78, 5) is 0. The van der Waals surface area contributed by atoms with Gasteiger partial charge in [0, 0.05) is 0 Å². The molecule has 0 radical (unpaired) electrons. The highest BCUT2D eigenvalue weighted by atomic mass is 14.1. The molecule has 0 aliphatic carbocycles. The Kier molecular flexibility index (Phi) is 9.67. The molecule has 0 amide bonds. The van der Waals surface area contributed by atoms with Gasteiger partial charge in [0.1, 0.15) is 0 Å². The van der Waals surface area contributed by atoms with E-state index in [9.17, 15) is 0 Å².